The van der Waals surface area contributed by atoms with Gasteiger partial charge in [-0.05, 0) is 23.1 Å². The van der Waals surface area contributed by atoms with E-state index >= 15 is 0 Å². The highest BCUT2D eigenvalue weighted by Crippen LogP contribution is 2.34. The van der Waals surface area contributed by atoms with E-state index in [2.05, 4.69) is 27.4 Å². The number of benzene rings is 1. The van der Waals surface area contributed by atoms with Crippen molar-refractivity contribution in [3.05, 3.63) is 29.1 Å². The van der Waals surface area contributed by atoms with Gasteiger partial charge in [-0.25, -0.2) is 0 Å². The maximum Gasteiger partial charge on any atom is 0.127 e. The molecule has 68 valence electrons. The average Bonchev–Trinajstić information content (AvgIpc) is 2.60. The number of rotatable bonds is 2. The van der Waals surface area contributed by atoms with Crippen molar-refractivity contribution < 1.29 is 4.74 Å². The number of thiophene rings is 1. The van der Waals surface area contributed by atoms with Crippen LogP contribution in [0.5, 0.6) is 5.75 Å². The minimum atomic E-state index is 0.882. The van der Waals surface area contributed by atoms with Crippen molar-refractivity contribution in [1.82, 2.24) is 0 Å². The number of alkyl halides is 1. The van der Waals surface area contributed by atoms with Gasteiger partial charge in [0.05, 0.1) is 7.11 Å². The summed E-state index contributed by atoms with van der Waals surface area (Å²) in [6.07, 6.45) is 0. The van der Waals surface area contributed by atoms with Crippen LogP contribution in [0.1, 0.15) is 5.56 Å². The molecule has 0 atom stereocenters. The van der Waals surface area contributed by atoms with Crippen molar-refractivity contribution in [1.29, 1.82) is 0 Å². The highest BCUT2D eigenvalue weighted by molar-refractivity contribution is 9.08. The number of ether oxygens (including phenoxy) is 1. The van der Waals surface area contributed by atoms with Gasteiger partial charge in [0.15, 0.2) is 0 Å². The molecule has 0 aliphatic heterocycles. The van der Waals surface area contributed by atoms with Crippen LogP contribution in [0.4, 0.5) is 0 Å². The van der Waals surface area contributed by atoms with Crippen LogP contribution in [0.25, 0.3) is 10.1 Å². The Balaban J connectivity index is 2.76. The van der Waals surface area contributed by atoms with Gasteiger partial charge in [-0.1, -0.05) is 22.0 Å². The molecule has 2 rings (SSSR count). The van der Waals surface area contributed by atoms with Crippen LogP contribution in [0.3, 0.4) is 0 Å². The zero-order chi connectivity index (χ0) is 9.26. The zero-order valence-electron chi connectivity index (χ0n) is 7.21. The molecule has 2 aromatic rings. The molecule has 0 fully saturated rings. The largest absolute Gasteiger partial charge is 0.496 e. The second kappa shape index (κ2) is 3.68. The van der Waals surface area contributed by atoms with Crippen LogP contribution in [0.2, 0.25) is 0 Å². The molecule has 1 heterocycles. The smallest absolute Gasteiger partial charge is 0.127 e. The predicted octanol–water partition coefficient (Wildman–Crippen LogP) is 3.80. The van der Waals surface area contributed by atoms with E-state index < -0.39 is 0 Å². The Hall–Kier alpha value is -0.540. The Morgan fingerprint density at radius 1 is 1.46 bits per heavy atom. The lowest BCUT2D eigenvalue weighted by Gasteiger charge is -2.02. The normalized spacial score (nSPS) is 10.6. The summed E-state index contributed by atoms with van der Waals surface area (Å²) in [5.41, 5.74) is 1.30. The molecule has 1 nitrogen and oxygen atoms in total. The van der Waals surface area contributed by atoms with Crippen LogP contribution in [0.15, 0.2) is 23.6 Å². The topological polar surface area (TPSA) is 9.23 Å². The fraction of sp³-hybridized carbons (Fsp3) is 0.200. The highest BCUT2D eigenvalue weighted by atomic mass is 79.9. The van der Waals surface area contributed by atoms with Crippen LogP contribution in [-0.4, -0.2) is 7.11 Å². The summed E-state index contributed by atoms with van der Waals surface area (Å²) in [6, 6.07) is 6.14. The molecule has 0 spiro atoms. The van der Waals surface area contributed by atoms with Gasteiger partial charge in [0.1, 0.15) is 5.75 Å². The average molecular weight is 257 g/mol. The van der Waals surface area contributed by atoms with Crippen LogP contribution >= 0.6 is 27.3 Å². The lowest BCUT2D eigenvalue weighted by atomic mass is 10.2. The fourth-order valence-electron chi connectivity index (χ4n) is 1.39. The van der Waals surface area contributed by atoms with Gasteiger partial charge in [-0.2, -0.15) is 0 Å². The zero-order valence-corrected chi connectivity index (χ0v) is 9.61. The predicted molar refractivity (Wildman–Crippen MR) is 61.0 cm³/mol. The van der Waals surface area contributed by atoms with E-state index in [0.717, 1.165) is 11.1 Å². The highest BCUT2D eigenvalue weighted by Gasteiger charge is 2.07. The van der Waals surface area contributed by atoms with Crippen LogP contribution in [0, 0.1) is 0 Å². The maximum absolute atomic E-state index is 5.31. The minimum Gasteiger partial charge on any atom is -0.496 e. The quantitative estimate of drug-likeness (QED) is 0.743. The SMILES string of the molecule is COc1cccc2scc(CBr)c12. The third-order valence-electron chi connectivity index (χ3n) is 2.00. The Bertz CT molecular complexity index is 422. The first kappa shape index (κ1) is 9.03. The molecule has 0 radical (unpaired) electrons. The molecule has 0 N–H and O–H groups in total. The second-order valence-corrected chi connectivity index (χ2v) is 4.20. The third kappa shape index (κ3) is 1.46. The summed E-state index contributed by atoms with van der Waals surface area (Å²) in [6.45, 7) is 0. The summed E-state index contributed by atoms with van der Waals surface area (Å²) in [4.78, 5) is 0. The molecule has 1 aromatic carbocycles. The molecule has 3 heteroatoms. The van der Waals surface area contributed by atoms with Crippen LogP contribution < -0.4 is 4.74 Å². The molecule has 0 bridgehead atoms. The molecule has 0 amide bonds. The van der Waals surface area contributed by atoms with E-state index in [1.807, 2.05) is 12.1 Å². The number of halogens is 1. The second-order valence-electron chi connectivity index (χ2n) is 2.73. The van der Waals surface area contributed by atoms with Crippen molar-refractivity contribution >= 4 is 37.4 Å². The summed E-state index contributed by atoms with van der Waals surface area (Å²) < 4.78 is 6.60. The van der Waals surface area contributed by atoms with Gasteiger partial charge in [0, 0.05) is 15.4 Å². The minimum absolute atomic E-state index is 0.882. The lowest BCUT2D eigenvalue weighted by Crippen LogP contribution is -1.84. The van der Waals surface area contributed by atoms with E-state index in [9.17, 15) is 0 Å². The van der Waals surface area contributed by atoms with Gasteiger partial charge in [-0.15, -0.1) is 11.3 Å². The van der Waals surface area contributed by atoms with Gasteiger partial charge in [0.2, 0.25) is 0 Å². The molecule has 1 aromatic heterocycles. The first-order chi connectivity index (χ1) is 6.36. The van der Waals surface area contributed by atoms with Crippen molar-refractivity contribution in [3.8, 4) is 5.75 Å². The number of hydrogen-bond donors (Lipinski definition) is 0. The van der Waals surface area contributed by atoms with Crippen molar-refractivity contribution in [3.63, 3.8) is 0 Å². The molecule has 0 saturated carbocycles. The maximum atomic E-state index is 5.31. The van der Waals surface area contributed by atoms with Crippen molar-refractivity contribution in [2.45, 2.75) is 5.33 Å². The van der Waals surface area contributed by atoms with Gasteiger partial charge in [-0.3, -0.25) is 0 Å². The monoisotopic (exact) mass is 256 g/mol. The van der Waals surface area contributed by atoms with Gasteiger partial charge in [0.25, 0.3) is 0 Å². The third-order valence-corrected chi connectivity index (χ3v) is 3.60. The van der Waals surface area contributed by atoms with Crippen molar-refractivity contribution in [2.24, 2.45) is 0 Å². The van der Waals surface area contributed by atoms with E-state index in [1.54, 1.807) is 18.4 Å². The molecular weight excluding hydrogens is 248 g/mol. The molecule has 0 unspecified atom stereocenters. The number of methoxy groups -OCH3 is 1. The standard InChI is InChI=1S/C10H9BrOS/c1-12-8-3-2-4-9-10(8)7(5-11)6-13-9/h2-4,6H,5H2,1H3. The molecule has 0 aliphatic carbocycles. The Morgan fingerprint density at radius 2 is 2.31 bits per heavy atom. The van der Waals surface area contributed by atoms with Gasteiger partial charge >= 0.3 is 0 Å². The van der Waals surface area contributed by atoms with Crippen LogP contribution in [-0.2, 0) is 5.33 Å². The van der Waals surface area contributed by atoms with E-state index in [-0.39, 0.29) is 0 Å². The molecule has 13 heavy (non-hydrogen) atoms. The summed E-state index contributed by atoms with van der Waals surface area (Å²) in [5.74, 6) is 0.966. The number of fused-ring (bicyclic) bond motifs is 1. The molecule has 0 aliphatic rings. The number of hydrogen-bond acceptors (Lipinski definition) is 2. The Labute approximate surface area is 89.5 Å². The summed E-state index contributed by atoms with van der Waals surface area (Å²) in [5, 5.41) is 4.29. The molecule has 0 saturated heterocycles. The summed E-state index contributed by atoms with van der Waals surface area (Å²) in [7, 11) is 1.71. The van der Waals surface area contributed by atoms with Gasteiger partial charge < -0.3 is 4.74 Å². The van der Waals surface area contributed by atoms with Crippen molar-refractivity contribution in [2.75, 3.05) is 7.11 Å². The fourth-order valence-corrected chi connectivity index (χ4v) is 3.02. The Kier molecular flexibility index (Phi) is 2.56. The first-order valence-electron chi connectivity index (χ1n) is 3.96. The summed E-state index contributed by atoms with van der Waals surface area (Å²) >= 11 is 5.23. The van der Waals surface area contributed by atoms with E-state index in [4.69, 9.17) is 4.74 Å². The first-order valence-corrected chi connectivity index (χ1v) is 5.96. The van der Waals surface area contributed by atoms with E-state index in [1.165, 1.54) is 15.6 Å². The molecular formula is C10H9BrOS. The lowest BCUT2D eigenvalue weighted by molar-refractivity contribution is 0.420. The Morgan fingerprint density at radius 3 is 3.00 bits per heavy atom. The van der Waals surface area contributed by atoms with E-state index in [0.29, 0.717) is 0 Å².